The maximum absolute atomic E-state index is 13.1. The molecular formula is C25H23ClN2O4. The molecule has 1 fully saturated rings. The number of carbonyl (C=O) groups excluding carboxylic acids is 3. The molecule has 7 heteroatoms. The molecular weight excluding hydrogens is 428 g/mol. The molecule has 0 saturated carbocycles. The first-order chi connectivity index (χ1) is 15.5. The highest BCUT2D eigenvalue weighted by molar-refractivity contribution is 6.33. The summed E-state index contributed by atoms with van der Waals surface area (Å²) in [5.74, 6) is -0.942. The molecule has 0 atom stereocenters. The van der Waals surface area contributed by atoms with Crippen molar-refractivity contribution in [1.29, 1.82) is 0 Å². The third-order valence-electron chi connectivity index (χ3n) is 5.82. The van der Waals surface area contributed by atoms with Gasteiger partial charge in [0.1, 0.15) is 0 Å². The molecule has 0 aromatic heterocycles. The quantitative estimate of drug-likeness (QED) is 0.581. The zero-order valence-corrected chi connectivity index (χ0v) is 18.4. The number of hydrogen-bond acceptors (Lipinski definition) is 4. The number of ether oxygens (including phenoxy) is 1. The number of likely N-dealkylation sites (tertiary alicyclic amines) is 1. The lowest BCUT2D eigenvalue weighted by Crippen LogP contribution is -2.41. The average molecular weight is 451 g/mol. The van der Waals surface area contributed by atoms with Crippen molar-refractivity contribution >= 4 is 45.8 Å². The van der Waals surface area contributed by atoms with Gasteiger partial charge in [-0.15, -0.1) is 0 Å². The van der Waals surface area contributed by atoms with E-state index >= 15 is 0 Å². The number of nitrogens with one attached hydrogen (secondary N) is 1. The number of amides is 2. The van der Waals surface area contributed by atoms with E-state index in [0.29, 0.717) is 47.8 Å². The maximum atomic E-state index is 13.1. The summed E-state index contributed by atoms with van der Waals surface area (Å²) in [5, 5.41) is 5.12. The lowest BCUT2D eigenvalue weighted by molar-refractivity contribution is -0.121. The number of methoxy groups -OCH3 is 1. The Morgan fingerprint density at radius 2 is 1.72 bits per heavy atom. The lowest BCUT2D eigenvalue weighted by atomic mass is 9.94. The molecule has 1 saturated heterocycles. The van der Waals surface area contributed by atoms with Crippen LogP contribution >= 0.6 is 11.6 Å². The summed E-state index contributed by atoms with van der Waals surface area (Å²) in [4.78, 5) is 39.5. The number of esters is 1. The van der Waals surface area contributed by atoms with Gasteiger partial charge < -0.3 is 15.0 Å². The van der Waals surface area contributed by atoms with Crippen molar-refractivity contribution < 1.29 is 19.1 Å². The van der Waals surface area contributed by atoms with Crippen LogP contribution in [0.2, 0.25) is 5.02 Å². The van der Waals surface area contributed by atoms with Gasteiger partial charge in [-0.25, -0.2) is 4.79 Å². The molecule has 1 N–H and O–H groups in total. The topological polar surface area (TPSA) is 75.7 Å². The Labute approximate surface area is 191 Å². The van der Waals surface area contributed by atoms with E-state index in [1.165, 1.54) is 13.2 Å². The predicted molar refractivity (Wildman–Crippen MR) is 124 cm³/mol. The first-order valence-electron chi connectivity index (χ1n) is 10.4. The first kappa shape index (κ1) is 21.8. The van der Waals surface area contributed by atoms with Crippen LogP contribution < -0.4 is 5.32 Å². The van der Waals surface area contributed by atoms with E-state index in [0.717, 1.165) is 10.8 Å². The molecule has 0 radical (unpaired) electrons. The fourth-order valence-corrected chi connectivity index (χ4v) is 4.19. The number of nitrogens with zero attached hydrogens (tertiary/aromatic N) is 1. The second-order valence-electron chi connectivity index (χ2n) is 7.77. The number of benzene rings is 3. The number of rotatable bonds is 4. The Kier molecular flexibility index (Phi) is 6.42. The van der Waals surface area contributed by atoms with Gasteiger partial charge in [-0.05, 0) is 47.9 Å². The summed E-state index contributed by atoms with van der Waals surface area (Å²) in [6.07, 6.45) is 1.10. The molecule has 3 aromatic carbocycles. The Morgan fingerprint density at radius 1 is 1.00 bits per heavy atom. The van der Waals surface area contributed by atoms with E-state index in [-0.39, 0.29) is 17.7 Å². The Hall–Kier alpha value is -3.38. The normalized spacial score (nSPS) is 14.2. The van der Waals surface area contributed by atoms with Crippen LogP contribution in [0.1, 0.15) is 33.6 Å². The minimum Gasteiger partial charge on any atom is -0.465 e. The molecule has 4 rings (SSSR count). The SMILES string of the molecule is COC(=O)c1ccc(Cl)c(NC(=O)C2CCN(C(=O)c3cccc4ccccc34)CC2)c1. The smallest absolute Gasteiger partial charge is 0.337 e. The standard InChI is InChI=1S/C25H23ClN2O4/c1-32-25(31)18-9-10-21(26)22(15-18)27-23(29)17-11-13-28(14-12-17)24(30)20-8-4-6-16-5-2-3-7-19(16)20/h2-10,15,17H,11-14H2,1H3,(H,27,29). The molecule has 0 bridgehead atoms. The number of piperidine rings is 1. The van der Waals surface area contributed by atoms with Crippen molar-refractivity contribution in [2.75, 3.05) is 25.5 Å². The summed E-state index contributed by atoms with van der Waals surface area (Å²) < 4.78 is 4.72. The number of carbonyl (C=O) groups is 3. The third-order valence-corrected chi connectivity index (χ3v) is 6.15. The zero-order chi connectivity index (χ0) is 22.7. The van der Waals surface area contributed by atoms with Crippen molar-refractivity contribution in [3.63, 3.8) is 0 Å². The molecule has 1 heterocycles. The highest BCUT2D eigenvalue weighted by Gasteiger charge is 2.29. The van der Waals surface area contributed by atoms with Crippen LogP contribution in [0, 0.1) is 5.92 Å². The molecule has 3 aromatic rings. The van der Waals surface area contributed by atoms with E-state index in [2.05, 4.69) is 5.32 Å². The van der Waals surface area contributed by atoms with Crippen LogP contribution in [-0.4, -0.2) is 42.9 Å². The zero-order valence-electron chi connectivity index (χ0n) is 17.6. The van der Waals surface area contributed by atoms with Gasteiger partial charge in [0, 0.05) is 24.6 Å². The predicted octanol–water partition coefficient (Wildman–Crippen LogP) is 4.77. The van der Waals surface area contributed by atoms with Gasteiger partial charge in [-0.2, -0.15) is 0 Å². The first-order valence-corrected chi connectivity index (χ1v) is 10.8. The average Bonchev–Trinajstić information content (AvgIpc) is 2.84. The van der Waals surface area contributed by atoms with E-state index in [1.807, 2.05) is 42.5 Å². The van der Waals surface area contributed by atoms with Gasteiger partial charge in [0.05, 0.1) is 23.4 Å². The number of fused-ring (bicyclic) bond motifs is 1. The van der Waals surface area contributed by atoms with Crippen LogP contribution in [0.25, 0.3) is 10.8 Å². The van der Waals surface area contributed by atoms with Crippen molar-refractivity contribution in [2.45, 2.75) is 12.8 Å². The molecule has 32 heavy (non-hydrogen) atoms. The fourth-order valence-electron chi connectivity index (χ4n) is 4.03. The minimum atomic E-state index is -0.502. The monoisotopic (exact) mass is 450 g/mol. The van der Waals surface area contributed by atoms with Crippen molar-refractivity contribution in [1.82, 2.24) is 4.90 Å². The molecule has 6 nitrogen and oxygen atoms in total. The summed E-state index contributed by atoms with van der Waals surface area (Å²) in [7, 11) is 1.29. The van der Waals surface area contributed by atoms with Gasteiger partial charge in [-0.1, -0.05) is 48.0 Å². The van der Waals surface area contributed by atoms with Gasteiger partial charge in [-0.3, -0.25) is 9.59 Å². The molecule has 0 unspecified atom stereocenters. The fraction of sp³-hybridized carbons (Fsp3) is 0.240. The van der Waals surface area contributed by atoms with Crippen molar-refractivity contribution in [3.8, 4) is 0 Å². The van der Waals surface area contributed by atoms with Crippen molar-refractivity contribution in [3.05, 3.63) is 76.8 Å². The van der Waals surface area contributed by atoms with E-state index in [1.54, 1.807) is 17.0 Å². The molecule has 164 valence electrons. The van der Waals surface area contributed by atoms with Gasteiger partial charge in [0.15, 0.2) is 0 Å². The van der Waals surface area contributed by atoms with E-state index in [9.17, 15) is 14.4 Å². The second kappa shape index (κ2) is 9.40. The molecule has 0 aliphatic carbocycles. The Balaban J connectivity index is 1.41. The summed E-state index contributed by atoms with van der Waals surface area (Å²) in [5.41, 5.74) is 1.36. The van der Waals surface area contributed by atoms with Gasteiger partial charge in [0.25, 0.3) is 5.91 Å². The molecule has 1 aliphatic heterocycles. The minimum absolute atomic E-state index is 0.0190. The number of hydrogen-bond donors (Lipinski definition) is 1. The van der Waals surface area contributed by atoms with Gasteiger partial charge >= 0.3 is 5.97 Å². The molecule has 0 spiro atoms. The number of anilines is 1. The van der Waals surface area contributed by atoms with Crippen LogP contribution in [0.15, 0.2) is 60.7 Å². The summed E-state index contributed by atoms with van der Waals surface area (Å²) >= 11 is 6.19. The molecule has 1 aliphatic rings. The third kappa shape index (κ3) is 4.46. The lowest BCUT2D eigenvalue weighted by Gasteiger charge is -2.31. The summed E-state index contributed by atoms with van der Waals surface area (Å²) in [6.45, 7) is 0.992. The summed E-state index contributed by atoms with van der Waals surface area (Å²) in [6, 6.07) is 18.1. The van der Waals surface area contributed by atoms with Crippen LogP contribution in [0.5, 0.6) is 0 Å². The Bertz CT molecular complexity index is 1180. The maximum Gasteiger partial charge on any atom is 0.337 e. The van der Waals surface area contributed by atoms with Crippen molar-refractivity contribution in [2.24, 2.45) is 5.92 Å². The van der Waals surface area contributed by atoms with E-state index < -0.39 is 5.97 Å². The van der Waals surface area contributed by atoms with Crippen LogP contribution in [-0.2, 0) is 9.53 Å². The van der Waals surface area contributed by atoms with E-state index in [4.69, 9.17) is 16.3 Å². The molecule has 2 amide bonds. The largest absolute Gasteiger partial charge is 0.465 e. The van der Waals surface area contributed by atoms with Crippen LogP contribution in [0.4, 0.5) is 5.69 Å². The second-order valence-corrected chi connectivity index (χ2v) is 8.18. The highest BCUT2D eigenvalue weighted by atomic mass is 35.5. The van der Waals surface area contributed by atoms with Crippen LogP contribution in [0.3, 0.4) is 0 Å². The van der Waals surface area contributed by atoms with Gasteiger partial charge in [0.2, 0.25) is 5.91 Å². The number of halogens is 1. The highest BCUT2D eigenvalue weighted by Crippen LogP contribution is 2.27. The Morgan fingerprint density at radius 3 is 2.47 bits per heavy atom.